The molecule has 2 unspecified atom stereocenters. The molecule has 0 saturated carbocycles. The second-order valence-electron chi connectivity index (χ2n) is 7.98. The molecule has 2 heterocycles. The molecule has 1 amide bonds. The van der Waals surface area contributed by atoms with Gasteiger partial charge >= 0.3 is 0 Å². The summed E-state index contributed by atoms with van der Waals surface area (Å²) in [5.41, 5.74) is 1.36. The SMILES string of the molecule is CCNC(=NCCC(CC)N1CCCC1=O)N1CCC(c2ccc(OC)cc2)C1. The molecule has 2 fully saturated rings. The van der Waals surface area contributed by atoms with Crippen molar-refractivity contribution >= 4 is 11.9 Å². The van der Waals surface area contributed by atoms with Crippen molar-refractivity contribution in [3.63, 3.8) is 0 Å². The Hall–Kier alpha value is -2.24. The van der Waals surface area contributed by atoms with Gasteiger partial charge in [-0.25, -0.2) is 0 Å². The highest BCUT2D eigenvalue weighted by Gasteiger charge is 2.28. The van der Waals surface area contributed by atoms with E-state index in [-0.39, 0.29) is 0 Å². The van der Waals surface area contributed by atoms with Crippen LogP contribution in [0.15, 0.2) is 29.3 Å². The molecule has 0 aromatic heterocycles. The number of amides is 1. The van der Waals surface area contributed by atoms with Crippen LogP contribution in [0, 0.1) is 0 Å². The van der Waals surface area contributed by atoms with Crippen LogP contribution in [0.2, 0.25) is 0 Å². The molecule has 0 radical (unpaired) electrons. The maximum Gasteiger partial charge on any atom is 0.222 e. The Bertz CT molecular complexity index is 689. The van der Waals surface area contributed by atoms with Gasteiger partial charge in [-0.05, 0) is 50.3 Å². The third kappa shape index (κ3) is 5.43. The van der Waals surface area contributed by atoms with E-state index in [4.69, 9.17) is 9.73 Å². The Labute approximate surface area is 175 Å². The van der Waals surface area contributed by atoms with Gasteiger partial charge < -0.3 is 19.9 Å². The quantitative estimate of drug-likeness (QED) is 0.538. The van der Waals surface area contributed by atoms with Gasteiger partial charge in [-0.15, -0.1) is 0 Å². The summed E-state index contributed by atoms with van der Waals surface area (Å²) in [7, 11) is 1.70. The molecule has 2 saturated heterocycles. The van der Waals surface area contributed by atoms with E-state index >= 15 is 0 Å². The molecule has 3 rings (SSSR count). The van der Waals surface area contributed by atoms with Gasteiger partial charge in [0.25, 0.3) is 0 Å². The van der Waals surface area contributed by atoms with E-state index in [0.717, 1.165) is 70.1 Å². The number of methoxy groups -OCH3 is 1. The number of hydrogen-bond donors (Lipinski definition) is 1. The number of ether oxygens (including phenoxy) is 1. The van der Waals surface area contributed by atoms with E-state index in [1.165, 1.54) is 5.56 Å². The van der Waals surface area contributed by atoms with Crippen molar-refractivity contribution < 1.29 is 9.53 Å². The van der Waals surface area contributed by atoms with Crippen molar-refractivity contribution in [1.82, 2.24) is 15.1 Å². The number of rotatable bonds is 8. The number of hydrogen-bond acceptors (Lipinski definition) is 3. The summed E-state index contributed by atoms with van der Waals surface area (Å²) >= 11 is 0. The van der Waals surface area contributed by atoms with Gasteiger partial charge in [0.2, 0.25) is 5.91 Å². The Morgan fingerprint density at radius 1 is 1.28 bits per heavy atom. The van der Waals surface area contributed by atoms with E-state index in [0.29, 0.717) is 24.3 Å². The van der Waals surface area contributed by atoms with Crippen molar-refractivity contribution in [3.8, 4) is 5.75 Å². The van der Waals surface area contributed by atoms with Crippen molar-refractivity contribution in [1.29, 1.82) is 0 Å². The van der Waals surface area contributed by atoms with Gasteiger partial charge in [0.15, 0.2) is 5.96 Å². The van der Waals surface area contributed by atoms with Gasteiger partial charge in [0, 0.05) is 51.1 Å². The van der Waals surface area contributed by atoms with Crippen molar-refractivity contribution in [2.75, 3.05) is 39.8 Å². The van der Waals surface area contributed by atoms with E-state index in [9.17, 15) is 4.79 Å². The predicted molar refractivity (Wildman–Crippen MR) is 118 cm³/mol. The molecular formula is C23H36N4O2. The molecule has 1 aromatic rings. The van der Waals surface area contributed by atoms with Crippen LogP contribution in [0.1, 0.15) is 57.4 Å². The molecule has 1 aromatic carbocycles. The molecule has 29 heavy (non-hydrogen) atoms. The standard InChI is InChI=1S/C23H36N4O2/c1-4-20(27-15-6-7-22(27)28)12-14-25-23(24-5-2)26-16-13-19(17-26)18-8-10-21(29-3)11-9-18/h8-11,19-20H,4-7,12-17H2,1-3H3,(H,24,25). The van der Waals surface area contributed by atoms with Gasteiger partial charge in [-0.3, -0.25) is 9.79 Å². The van der Waals surface area contributed by atoms with Crippen molar-refractivity contribution in [2.24, 2.45) is 4.99 Å². The zero-order chi connectivity index (χ0) is 20.6. The summed E-state index contributed by atoms with van der Waals surface area (Å²) < 4.78 is 5.28. The summed E-state index contributed by atoms with van der Waals surface area (Å²) in [6.45, 7) is 8.83. The minimum atomic E-state index is 0.314. The lowest BCUT2D eigenvalue weighted by atomic mass is 9.98. The molecule has 160 valence electrons. The summed E-state index contributed by atoms with van der Waals surface area (Å²) in [4.78, 5) is 21.4. The maximum absolute atomic E-state index is 12.1. The first-order valence-electron chi connectivity index (χ1n) is 11.1. The number of benzene rings is 1. The summed E-state index contributed by atoms with van der Waals surface area (Å²) in [6, 6.07) is 8.76. The second-order valence-corrected chi connectivity index (χ2v) is 7.98. The lowest BCUT2D eigenvalue weighted by Crippen LogP contribution is -2.40. The normalized spacial score (nSPS) is 21.0. The van der Waals surface area contributed by atoms with E-state index in [1.807, 2.05) is 12.1 Å². The number of likely N-dealkylation sites (tertiary alicyclic amines) is 2. The fraction of sp³-hybridized carbons (Fsp3) is 0.652. The molecule has 6 heteroatoms. The van der Waals surface area contributed by atoms with E-state index in [2.05, 4.69) is 41.1 Å². The Balaban J connectivity index is 1.57. The Kier molecular flexibility index (Phi) is 7.78. The molecule has 0 bridgehead atoms. The lowest BCUT2D eigenvalue weighted by molar-refractivity contribution is -0.129. The minimum absolute atomic E-state index is 0.314. The zero-order valence-electron chi connectivity index (χ0n) is 18.2. The van der Waals surface area contributed by atoms with Crippen LogP contribution in [0.5, 0.6) is 5.75 Å². The van der Waals surface area contributed by atoms with Crippen LogP contribution in [0.3, 0.4) is 0 Å². The highest BCUT2D eigenvalue weighted by molar-refractivity contribution is 5.80. The average molecular weight is 401 g/mol. The Morgan fingerprint density at radius 2 is 2.07 bits per heavy atom. The molecule has 2 atom stereocenters. The molecule has 0 spiro atoms. The molecular weight excluding hydrogens is 364 g/mol. The van der Waals surface area contributed by atoms with Crippen LogP contribution in [0.4, 0.5) is 0 Å². The van der Waals surface area contributed by atoms with Gasteiger partial charge in [-0.2, -0.15) is 0 Å². The number of nitrogens with one attached hydrogen (secondary N) is 1. The summed E-state index contributed by atoms with van der Waals surface area (Å²) in [6.07, 6.45) is 4.79. The second kappa shape index (κ2) is 10.5. The first-order valence-corrected chi connectivity index (χ1v) is 11.1. The largest absolute Gasteiger partial charge is 0.497 e. The van der Waals surface area contributed by atoms with Gasteiger partial charge in [-0.1, -0.05) is 19.1 Å². The van der Waals surface area contributed by atoms with Crippen LogP contribution in [-0.4, -0.2) is 67.5 Å². The smallest absolute Gasteiger partial charge is 0.222 e. The van der Waals surface area contributed by atoms with E-state index in [1.54, 1.807) is 7.11 Å². The highest BCUT2D eigenvalue weighted by atomic mass is 16.5. The average Bonchev–Trinajstić information content (AvgIpc) is 3.40. The molecule has 0 aliphatic carbocycles. The first kappa shape index (κ1) is 21.5. The topological polar surface area (TPSA) is 57.2 Å². The fourth-order valence-electron chi connectivity index (χ4n) is 4.48. The third-order valence-electron chi connectivity index (χ3n) is 6.16. The molecule has 6 nitrogen and oxygen atoms in total. The summed E-state index contributed by atoms with van der Waals surface area (Å²) in [5.74, 6) is 2.75. The van der Waals surface area contributed by atoms with Crippen LogP contribution in [-0.2, 0) is 4.79 Å². The molecule has 2 aliphatic heterocycles. The van der Waals surface area contributed by atoms with Crippen LogP contribution < -0.4 is 10.1 Å². The number of aliphatic imine (C=N–C) groups is 1. The van der Waals surface area contributed by atoms with Crippen LogP contribution in [0.25, 0.3) is 0 Å². The number of carbonyl (C=O) groups is 1. The van der Waals surface area contributed by atoms with Gasteiger partial charge in [0.05, 0.1) is 7.11 Å². The third-order valence-corrected chi connectivity index (χ3v) is 6.16. The lowest BCUT2D eigenvalue weighted by Gasteiger charge is -2.27. The number of guanidine groups is 1. The monoisotopic (exact) mass is 400 g/mol. The minimum Gasteiger partial charge on any atom is -0.497 e. The van der Waals surface area contributed by atoms with Gasteiger partial charge in [0.1, 0.15) is 5.75 Å². The predicted octanol–water partition coefficient (Wildman–Crippen LogP) is 3.24. The number of nitrogens with zero attached hydrogens (tertiary/aromatic N) is 3. The maximum atomic E-state index is 12.1. The fourth-order valence-corrected chi connectivity index (χ4v) is 4.48. The summed E-state index contributed by atoms with van der Waals surface area (Å²) in [5, 5.41) is 3.46. The highest BCUT2D eigenvalue weighted by Crippen LogP contribution is 2.28. The first-order chi connectivity index (χ1) is 14.2. The van der Waals surface area contributed by atoms with Crippen molar-refractivity contribution in [3.05, 3.63) is 29.8 Å². The molecule has 1 N–H and O–H groups in total. The number of carbonyl (C=O) groups excluding carboxylic acids is 1. The zero-order valence-corrected chi connectivity index (χ0v) is 18.2. The van der Waals surface area contributed by atoms with E-state index < -0.39 is 0 Å². The Morgan fingerprint density at radius 3 is 2.69 bits per heavy atom. The molecule has 2 aliphatic rings. The van der Waals surface area contributed by atoms with Crippen LogP contribution >= 0.6 is 0 Å². The van der Waals surface area contributed by atoms with Crippen molar-refractivity contribution in [2.45, 2.75) is 57.9 Å².